The van der Waals surface area contributed by atoms with E-state index in [4.69, 9.17) is 5.10 Å². The molecule has 2 heterocycles. The number of aromatic nitrogens is 2. The number of benzene rings is 3. The fraction of sp³-hybridized carbons (Fsp3) is 0.222. The molecule has 2 heteroatoms. The standard InChI is InChI=1S/C27H24N2/c1-2-9-20(10-3-1)25-18-28-29-26(17-22-12-6-7-13-24(22)27(25)29)23-15-14-19-8-4-5-11-21(19)16-23/h4-8,11-18,20H,1-3,9-10H2. The summed E-state index contributed by atoms with van der Waals surface area (Å²) in [5, 5.41) is 10.1. The maximum atomic E-state index is 4.92. The van der Waals surface area contributed by atoms with Crippen molar-refractivity contribution < 1.29 is 0 Å². The van der Waals surface area contributed by atoms with Crippen LogP contribution in [0.2, 0.25) is 0 Å². The molecule has 1 aliphatic carbocycles. The van der Waals surface area contributed by atoms with E-state index in [0.717, 1.165) is 0 Å². The molecule has 0 bridgehead atoms. The van der Waals surface area contributed by atoms with E-state index < -0.39 is 0 Å². The Balaban J connectivity index is 1.64. The van der Waals surface area contributed by atoms with Crippen LogP contribution in [0.5, 0.6) is 0 Å². The van der Waals surface area contributed by atoms with E-state index in [2.05, 4.69) is 83.5 Å². The second kappa shape index (κ2) is 6.73. The SMILES string of the molecule is c1ccc2cc(-c3cc4ccccc4c4c(C5CCCCC5)cnn34)ccc2c1. The van der Waals surface area contributed by atoms with Crippen molar-refractivity contribution in [3.63, 3.8) is 0 Å². The maximum absolute atomic E-state index is 4.92. The van der Waals surface area contributed by atoms with Gasteiger partial charge >= 0.3 is 0 Å². The Hall–Kier alpha value is -3.13. The number of hydrogen-bond donors (Lipinski definition) is 0. The van der Waals surface area contributed by atoms with E-state index in [1.807, 2.05) is 0 Å². The van der Waals surface area contributed by atoms with Crippen molar-refractivity contribution >= 4 is 27.1 Å². The first-order chi connectivity index (χ1) is 14.4. The molecule has 0 radical (unpaired) electrons. The predicted octanol–water partition coefficient (Wildman–Crippen LogP) is 7.36. The highest BCUT2D eigenvalue weighted by Crippen LogP contribution is 2.39. The molecule has 0 saturated heterocycles. The zero-order chi connectivity index (χ0) is 19.2. The van der Waals surface area contributed by atoms with E-state index in [-0.39, 0.29) is 0 Å². The van der Waals surface area contributed by atoms with Crippen LogP contribution >= 0.6 is 0 Å². The number of nitrogens with zero attached hydrogens (tertiary/aromatic N) is 2. The van der Waals surface area contributed by atoms with Crippen molar-refractivity contribution in [2.75, 3.05) is 0 Å². The van der Waals surface area contributed by atoms with Crippen molar-refractivity contribution in [3.8, 4) is 11.3 Å². The predicted molar refractivity (Wildman–Crippen MR) is 121 cm³/mol. The van der Waals surface area contributed by atoms with Gasteiger partial charge in [-0.15, -0.1) is 0 Å². The zero-order valence-corrected chi connectivity index (χ0v) is 16.5. The van der Waals surface area contributed by atoms with Crippen molar-refractivity contribution in [2.24, 2.45) is 0 Å². The fourth-order valence-electron chi connectivity index (χ4n) is 5.13. The van der Waals surface area contributed by atoms with Crippen LogP contribution in [0.25, 0.3) is 38.3 Å². The molecular formula is C27H24N2. The highest BCUT2D eigenvalue weighted by Gasteiger charge is 2.22. The van der Waals surface area contributed by atoms with Gasteiger partial charge in [0.25, 0.3) is 0 Å². The molecule has 1 aliphatic rings. The normalized spacial score (nSPS) is 15.4. The van der Waals surface area contributed by atoms with Crippen LogP contribution < -0.4 is 0 Å². The summed E-state index contributed by atoms with van der Waals surface area (Å²) < 4.78 is 2.19. The second-order valence-electron chi connectivity index (χ2n) is 8.37. The average molecular weight is 377 g/mol. The third-order valence-electron chi connectivity index (χ3n) is 6.62. The Morgan fingerprint density at radius 1 is 0.724 bits per heavy atom. The summed E-state index contributed by atoms with van der Waals surface area (Å²) in [7, 11) is 0. The molecule has 5 aromatic rings. The summed E-state index contributed by atoms with van der Waals surface area (Å²) in [4.78, 5) is 0. The minimum Gasteiger partial charge on any atom is -0.232 e. The lowest BCUT2D eigenvalue weighted by Gasteiger charge is -2.21. The van der Waals surface area contributed by atoms with Crippen LogP contribution in [0.3, 0.4) is 0 Å². The van der Waals surface area contributed by atoms with Gasteiger partial charge in [0, 0.05) is 16.5 Å². The van der Waals surface area contributed by atoms with Gasteiger partial charge in [-0.3, -0.25) is 0 Å². The summed E-state index contributed by atoms with van der Waals surface area (Å²) in [6.45, 7) is 0. The van der Waals surface area contributed by atoms with Crippen LogP contribution in [-0.4, -0.2) is 9.61 Å². The zero-order valence-electron chi connectivity index (χ0n) is 16.5. The molecule has 0 unspecified atom stereocenters. The number of rotatable bonds is 2. The lowest BCUT2D eigenvalue weighted by molar-refractivity contribution is 0.445. The third-order valence-corrected chi connectivity index (χ3v) is 6.62. The highest BCUT2D eigenvalue weighted by atomic mass is 15.2. The van der Waals surface area contributed by atoms with E-state index >= 15 is 0 Å². The number of pyridine rings is 1. The highest BCUT2D eigenvalue weighted by molar-refractivity contribution is 6.00. The molecule has 142 valence electrons. The first-order valence-corrected chi connectivity index (χ1v) is 10.8. The largest absolute Gasteiger partial charge is 0.232 e. The molecule has 2 nitrogen and oxygen atoms in total. The van der Waals surface area contributed by atoms with Gasteiger partial charge in [0.15, 0.2) is 0 Å². The molecular weight excluding hydrogens is 352 g/mol. The van der Waals surface area contributed by atoms with E-state index in [1.165, 1.54) is 76.0 Å². The van der Waals surface area contributed by atoms with Gasteiger partial charge in [-0.2, -0.15) is 5.10 Å². The van der Waals surface area contributed by atoms with Crippen LogP contribution in [0.1, 0.15) is 43.6 Å². The minimum absolute atomic E-state index is 0.636. The molecule has 0 amide bonds. The Kier molecular flexibility index (Phi) is 3.90. The summed E-state index contributed by atoms with van der Waals surface area (Å²) in [6, 6.07) is 26.4. The maximum Gasteiger partial charge on any atom is 0.0782 e. The lowest BCUT2D eigenvalue weighted by Crippen LogP contribution is -2.04. The minimum atomic E-state index is 0.636. The molecule has 1 saturated carbocycles. The molecule has 29 heavy (non-hydrogen) atoms. The van der Waals surface area contributed by atoms with Gasteiger partial charge < -0.3 is 0 Å². The topological polar surface area (TPSA) is 17.3 Å². The second-order valence-corrected chi connectivity index (χ2v) is 8.37. The Bertz CT molecular complexity index is 1340. The van der Waals surface area contributed by atoms with Gasteiger partial charge in [0.2, 0.25) is 0 Å². The summed E-state index contributed by atoms with van der Waals surface area (Å²) in [6.07, 6.45) is 8.77. The molecule has 0 N–H and O–H groups in total. The summed E-state index contributed by atoms with van der Waals surface area (Å²) in [5.74, 6) is 0.636. The molecule has 3 aromatic carbocycles. The average Bonchev–Trinajstić information content (AvgIpc) is 3.24. The Labute approximate surface area is 170 Å². The van der Waals surface area contributed by atoms with Gasteiger partial charge in [0.1, 0.15) is 0 Å². The Morgan fingerprint density at radius 3 is 2.34 bits per heavy atom. The van der Waals surface area contributed by atoms with Gasteiger partial charge in [-0.1, -0.05) is 79.9 Å². The molecule has 0 atom stereocenters. The van der Waals surface area contributed by atoms with Gasteiger partial charge in [-0.05, 0) is 47.1 Å². The summed E-state index contributed by atoms with van der Waals surface area (Å²) in [5.41, 5.74) is 5.13. The van der Waals surface area contributed by atoms with Crippen molar-refractivity contribution in [2.45, 2.75) is 38.0 Å². The van der Waals surface area contributed by atoms with Crippen LogP contribution in [0.15, 0.2) is 79.0 Å². The van der Waals surface area contributed by atoms with Crippen LogP contribution in [0, 0.1) is 0 Å². The molecule has 6 rings (SSSR count). The first kappa shape index (κ1) is 16.8. The first-order valence-electron chi connectivity index (χ1n) is 10.8. The van der Waals surface area contributed by atoms with Crippen LogP contribution in [0.4, 0.5) is 0 Å². The van der Waals surface area contributed by atoms with Crippen molar-refractivity contribution in [1.29, 1.82) is 0 Å². The van der Waals surface area contributed by atoms with Crippen LogP contribution in [-0.2, 0) is 0 Å². The molecule has 0 spiro atoms. The molecule has 2 aromatic heterocycles. The van der Waals surface area contributed by atoms with Crippen molar-refractivity contribution in [3.05, 3.63) is 84.6 Å². The van der Waals surface area contributed by atoms with Crippen molar-refractivity contribution in [1.82, 2.24) is 9.61 Å². The van der Waals surface area contributed by atoms with Gasteiger partial charge in [-0.25, -0.2) is 4.52 Å². The smallest absolute Gasteiger partial charge is 0.0782 e. The Morgan fingerprint density at radius 2 is 1.48 bits per heavy atom. The van der Waals surface area contributed by atoms with E-state index in [9.17, 15) is 0 Å². The third kappa shape index (κ3) is 2.74. The summed E-state index contributed by atoms with van der Waals surface area (Å²) >= 11 is 0. The lowest BCUT2D eigenvalue weighted by atomic mass is 9.84. The monoisotopic (exact) mass is 376 g/mol. The number of hydrogen-bond acceptors (Lipinski definition) is 1. The van der Waals surface area contributed by atoms with E-state index in [0.29, 0.717) is 5.92 Å². The van der Waals surface area contributed by atoms with E-state index in [1.54, 1.807) is 0 Å². The van der Waals surface area contributed by atoms with Gasteiger partial charge in [0.05, 0.1) is 17.4 Å². The quantitative estimate of drug-likeness (QED) is 0.315. The molecule has 1 fully saturated rings. The number of fused-ring (bicyclic) bond motifs is 4. The fourth-order valence-corrected chi connectivity index (χ4v) is 5.13. The molecule has 0 aliphatic heterocycles.